The highest BCUT2D eigenvalue weighted by atomic mass is 35.5. The molecule has 0 amide bonds. The van der Waals surface area contributed by atoms with E-state index in [0.717, 1.165) is 0 Å². The van der Waals surface area contributed by atoms with Gasteiger partial charge in [-0.05, 0) is 25.7 Å². The molecule has 1 heterocycles. The molecule has 1 aliphatic rings. The van der Waals surface area contributed by atoms with E-state index in [4.69, 9.17) is 9.47 Å². The highest BCUT2D eigenvalue weighted by Crippen LogP contribution is 2.25. The van der Waals surface area contributed by atoms with Crippen LogP contribution in [0.3, 0.4) is 0 Å². The molecular weight excluding hydrogens is 288 g/mol. The summed E-state index contributed by atoms with van der Waals surface area (Å²) in [7, 11) is 0. The Labute approximate surface area is 126 Å². The lowest BCUT2D eigenvalue weighted by molar-refractivity contribution is -0.299. The van der Waals surface area contributed by atoms with Crippen LogP contribution in [0.1, 0.15) is 33.6 Å². The predicted octanol–water partition coefficient (Wildman–Crippen LogP) is 0.0494. The Morgan fingerprint density at radius 2 is 1.65 bits per heavy atom. The maximum Gasteiger partial charge on any atom is 0.186 e. The number of aliphatic hydroxyl groups is 4. The van der Waals surface area contributed by atoms with Gasteiger partial charge in [-0.3, -0.25) is 0 Å². The van der Waals surface area contributed by atoms with Gasteiger partial charge in [0.15, 0.2) is 6.29 Å². The van der Waals surface area contributed by atoms with Crippen molar-refractivity contribution in [3.8, 4) is 0 Å². The van der Waals surface area contributed by atoms with E-state index < -0.39 is 36.8 Å². The van der Waals surface area contributed by atoms with Crippen LogP contribution in [-0.2, 0) is 9.47 Å². The quantitative estimate of drug-likeness (QED) is 0.553. The van der Waals surface area contributed by atoms with Crippen LogP contribution in [0, 0.1) is 5.92 Å². The molecule has 2 unspecified atom stereocenters. The van der Waals surface area contributed by atoms with Crippen molar-refractivity contribution >= 4 is 12.4 Å². The molecule has 0 aromatic carbocycles. The first-order chi connectivity index (χ1) is 8.82. The van der Waals surface area contributed by atoms with Gasteiger partial charge in [0.1, 0.15) is 18.3 Å². The van der Waals surface area contributed by atoms with Crippen LogP contribution in [0.4, 0.5) is 0 Å². The summed E-state index contributed by atoms with van der Waals surface area (Å²) >= 11 is 0. The van der Waals surface area contributed by atoms with Crippen molar-refractivity contribution in [3.63, 3.8) is 0 Å². The first-order valence-corrected chi connectivity index (χ1v) is 6.82. The second kappa shape index (κ2) is 9.15. The maximum atomic E-state index is 9.84. The average Bonchev–Trinajstić information content (AvgIpc) is 2.33. The normalized spacial score (nSPS) is 35.7. The van der Waals surface area contributed by atoms with Gasteiger partial charge in [0, 0.05) is 0 Å². The van der Waals surface area contributed by atoms with Gasteiger partial charge in [-0.1, -0.05) is 13.8 Å². The zero-order chi connectivity index (χ0) is 14.6. The molecule has 0 aromatic heterocycles. The van der Waals surface area contributed by atoms with Crippen molar-refractivity contribution in [2.45, 2.75) is 70.4 Å². The molecule has 4 N–H and O–H groups in total. The van der Waals surface area contributed by atoms with E-state index >= 15 is 0 Å². The second-order valence-electron chi connectivity index (χ2n) is 5.67. The molecule has 122 valence electrons. The molecule has 0 aliphatic carbocycles. The third kappa shape index (κ3) is 5.81. The molecular formula is C13H27ClO6. The monoisotopic (exact) mass is 314 g/mol. The molecule has 0 spiro atoms. The molecule has 0 bridgehead atoms. The minimum absolute atomic E-state index is 0. The molecule has 0 radical (unpaired) electrons. The van der Waals surface area contributed by atoms with Crippen LogP contribution >= 0.6 is 12.4 Å². The molecule has 1 saturated heterocycles. The standard InChI is InChI=1S/C13H26O6.ClH/c1-7(2)6-18-13-12(17)11(16)10(15)9(19-13)5-4-8(3)14;/h7-17H,4-6H2,1-3H3;1H/t8?,9-,10-,11+,12-,13?;/m1./s1. The van der Waals surface area contributed by atoms with Gasteiger partial charge in [-0.15, -0.1) is 12.4 Å². The van der Waals surface area contributed by atoms with Crippen LogP contribution in [0.15, 0.2) is 0 Å². The van der Waals surface area contributed by atoms with E-state index in [-0.39, 0.29) is 18.3 Å². The highest BCUT2D eigenvalue weighted by molar-refractivity contribution is 5.85. The van der Waals surface area contributed by atoms with Gasteiger partial charge in [-0.2, -0.15) is 0 Å². The van der Waals surface area contributed by atoms with E-state index in [2.05, 4.69) is 0 Å². The van der Waals surface area contributed by atoms with Gasteiger partial charge in [-0.25, -0.2) is 0 Å². The molecule has 6 atom stereocenters. The van der Waals surface area contributed by atoms with Crippen LogP contribution in [0.5, 0.6) is 0 Å². The first kappa shape index (κ1) is 20.1. The minimum atomic E-state index is -1.30. The van der Waals surface area contributed by atoms with Crippen molar-refractivity contribution in [1.29, 1.82) is 0 Å². The third-order valence-electron chi connectivity index (χ3n) is 3.13. The summed E-state index contributed by atoms with van der Waals surface area (Å²) in [5, 5.41) is 38.7. The summed E-state index contributed by atoms with van der Waals surface area (Å²) in [6.07, 6.45) is -5.00. The van der Waals surface area contributed by atoms with Crippen molar-refractivity contribution in [2.75, 3.05) is 6.61 Å². The van der Waals surface area contributed by atoms with Crippen LogP contribution in [-0.4, -0.2) is 63.8 Å². The molecule has 6 nitrogen and oxygen atoms in total. The van der Waals surface area contributed by atoms with Gasteiger partial charge < -0.3 is 29.9 Å². The molecule has 1 aliphatic heterocycles. The largest absolute Gasteiger partial charge is 0.393 e. The number of hydrogen-bond donors (Lipinski definition) is 4. The molecule has 1 fully saturated rings. The van der Waals surface area contributed by atoms with Gasteiger partial charge in [0.05, 0.1) is 18.8 Å². The highest BCUT2D eigenvalue weighted by Gasteiger charge is 2.44. The third-order valence-corrected chi connectivity index (χ3v) is 3.13. The van der Waals surface area contributed by atoms with Crippen molar-refractivity contribution in [1.82, 2.24) is 0 Å². The fourth-order valence-electron chi connectivity index (χ4n) is 1.99. The fraction of sp³-hybridized carbons (Fsp3) is 1.00. The van der Waals surface area contributed by atoms with Gasteiger partial charge >= 0.3 is 0 Å². The van der Waals surface area contributed by atoms with Crippen molar-refractivity contribution < 1.29 is 29.9 Å². The SMILES string of the molecule is CC(C)COC1O[C@H](CCC(C)O)[C@@H](O)[C@H](O)[C@H]1O.Cl. The number of ether oxygens (including phenoxy) is 2. The summed E-state index contributed by atoms with van der Waals surface area (Å²) in [5.74, 6) is 0.274. The lowest BCUT2D eigenvalue weighted by Gasteiger charge is -2.40. The number of aliphatic hydroxyl groups excluding tert-OH is 4. The molecule has 20 heavy (non-hydrogen) atoms. The first-order valence-electron chi connectivity index (χ1n) is 6.82. The van der Waals surface area contributed by atoms with Crippen LogP contribution < -0.4 is 0 Å². The average molecular weight is 315 g/mol. The molecule has 1 rings (SSSR count). The number of halogens is 1. The predicted molar refractivity (Wildman–Crippen MR) is 75.6 cm³/mol. The van der Waals surface area contributed by atoms with E-state index in [9.17, 15) is 20.4 Å². The Morgan fingerprint density at radius 3 is 2.15 bits per heavy atom. The molecule has 0 aromatic rings. The fourth-order valence-corrected chi connectivity index (χ4v) is 1.99. The summed E-state index contributed by atoms with van der Waals surface area (Å²) in [4.78, 5) is 0. The lowest BCUT2D eigenvalue weighted by Crippen LogP contribution is -2.58. The summed E-state index contributed by atoms with van der Waals surface area (Å²) in [6, 6.07) is 0. The van der Waals surface area contributed by atoms with E-state index in [1.54, 1.807) is 6.92 Å². The van der Waals surface area contributed by atoms with E-state index in [0.29, 0.717) is 19.4 Å². The smallest absolute Gasteiger partial charge is 0.186 e. The molecule has 0 saturated carbocycles. The zero-order valence-electron chi connectivity index (χ0n) is 12.2. The van der Waals surface area contributed by atoms with Crippen molar-refractivity contribution in [2.24, 2.45) is 5.92 Å². The molecule has 7 heteroatoms. The number of hydrogen-bond acceptors (Lipinski definition) is 6. The lowest BCUT2D eigenvalue weighted by atomic mass is 9.95. The maximum absolute atomic E-state index is 9.84. The summed E-state index contributed by atoms with van der Waals surface area (Å²) in [6.45, 7) is 5.97. The van der Waals surface area contributed by atoms with Crippen molar-refractivity contribution in [3.05, 3.63) is 0 Å². The Bertz CT molecular complexity index is 239. The van der Waals surface area contributed by atoms with Gasteiger partial charge in [0.2, 0.25) is 0 Å². The Balaban J connectivity index is 0.00000361. The number of rotatable bonds is 6. The van der Waals surface area contributed by atoms with Gasteiger partial charge in [0.25, 0.3) is 0 Å². The second-order valence-corrected chi connectivity index (χ2v) is 5.67. The summed E-state index contributed by atoms with van der Waals surface area (Å²) < 4.78 is 10.9. The Morgan fingerprint density at radius 1 is 1.05 bits per heavy atom. The Kier molecular flexibility index (Phi) is 9.17. The van der Waals surface area contributed by atoms with Crippen LogP contribution in [0.2, 0.25) is 0 Å². The van der Waals surface area contributed by atoms with E-state index in [1.165, 1.54) is 0 Å². The van der Waals surface area contributed by atoms with E-state index in [1.807, 2.05) is 13.8 Å². The zero-order valence-corrected chi connectivity index (χ0v) is 13.0. The Hall–Kier alpha value is 0.0500. The van der Waals surface area contributed by atoms with Crippen LogP contribution in [0.25, 0.3) is 0 Å². The minimum Gasteiger partial charge on any atom is -0.393 e. The topological polar surface area (TPSA) is 99.4 Å². The summed E-state index contributed by atoms with van der Waals surface area (Å²) in [5.41, 5.74) is 0.